The standard InChI is InChI=1S/C16H10Cl2N2O3/c17-10-2-1-3-12(8-10)20-16(23)13(15(22)19-20)7-9-6-11(18)4-5-14(9)21/h1-8,21H,(H,19,22). The first-order valence-corrected chi connectivity index (χ1v) is 7.32. The third-order valence-corrected chi connectivity index (χ3v) is 3.72. The van der Waals surface area contributed by atoms with Gasteiger partial charge in [0.15, 0.2) is 0 Å². The lowest BCUT2D eigenvalue weighted by Gasteiger charge is -2.14. The summed E-state index contributed by atoms with van der Waals surface area (Å²) in [5, 5.41) is 11.7. The van der Waals surface area contributed by atoms with Gasteiger partial charge in [0.05, 0.1) is 5.69 Å². The van der Waals surface area contributed by atoms with Crippen LogP contribution in [-0.2, 0) is 9.59 Å². The number of hydrogen-bond acceptors (Lipinski definition) is 3. The molecule has 1 fully saturated rings. The first kappa shape index (κ1) is 15.4. The smallest absolute Gasteiger partial charge is 0.282 e. The Morgan fingerprint density at radius 3 is 2.52 bits per heavy atom. The van der Waals surface area contributed by atoms with Gasteiger partial charge in [-0.2, -0.15) is 0 Å². The fourth-order valence-corrected chi connectivity index (χ4v) is 2.52. The van der Waals surface area contributed by atoms with E-state index in [2.05, 4.69) is 5.43 Å². The van der Waals surface area contributed by atoms with Crippen molar-refractivity contribution in [3.63, 3.8) is 0 Å². The third kappa shape index (κ3) is 3.02. The van der Waals surface area contributed by atoms with Gasteiger partial charge in [-0.3, -0.25) is 15.0 Å². The highest BCUT2D eigenvalue weighted by atomic mass is 35.5. The Kier molecular flexibility index (Phi) is 3.98. The molecule has 2 aromatic rings. The number of benzene rings is 2. The minimum Gasteiger partial charge on any atom is -0.507 e. The lowest BCUT2D eigenvalue weighted by molar-refractivity contribution is -0.117. The number of carbonyl (C=O) groups is 2. The molecule has 23 heavy (non-hydrogen) atoms. The van der Waals surface area contributed by atoms with Crippen LogP contribution >= 0.6 is 23.2 Å². The summed E-state index contributed by atoms with van der Waals surface area (Å²) >= 11 is 11.8. The molecule has 0 unspecified atom stereocenters. The van der Waals surface area contributed by atoms with Crippen molar-refractivity contribution >= 4 is 46.8 Å². The number of nitrogens with one attached hydrogen (secondary N) is 1. The molecule has 0 radical (unpaired) electrons. The summed E-state index contributed by atoms with van der Waals surface area (Å²) in [4.78, 5) is 24.5. The predicted octanol–water partition coefficient (Wildman–Crippen LogP) is 3.16. The molecule has 1 aliphatic rings. The van der Waals surface area contributed by atoms with Crippen molar-refractivity contribution < 1.29 is 14.7 Å². The second kappa shape index (κ2) is 5.95. The molecule has 0 aromatic heterocycles. The van der Waals surface area contributed by atoms with Crippen molar-refractivity contribution in [3.8, 4) is 5.75 Å². The molecular weight excluding hydrogens is 339 g/mol. The van der Waals surface area contributed by atoms with E-state index in [1.165, 1.54) is 24.3 Å². The fraction of sp³-hybridized carbons (Fsp3) is 0. The van der Waals surface area contributed by atoms with Crippen molar-refractivity contribution in [1.29, 1.82) is 0 Å². The second-order valence-electron chi connectivity index (χ2n) is 4.82. The maximum absolute atomic E-state index is 12.4. The molecule has 116 valence electrons. The van der Waals surface area contributed by atoms with Gasteiger partial charge in [-0.05, 0) is 42.5 Å². The van der Waals surface area contributed by atoms with Crippen LogP contribution in [0.25, 0.3) is 6.08 Å². The molecule has 1 saturated heterocycles. The van der Waals surface area contributed by atoms with Crippen molar-refractivity contribution in [2.45, 2.75) is 0 Å². The number of rotatable bonds is 2. The van der Waals surface area contributed by atoms with Gasteiger partial charge in [0.2, 0.25) is 0 Å². The summed E-state index contributed by atoms with van der Waals surface area (Å²) in [7, 11) is 0. The average molecular weight is 349 g/mol. The zero-order valence-corrected chi connectivity index (χ0v) is 13.1. The Morgan fingerprint density at radius 1 is 1.04 bits per heavy atom. The maximum Gasteiger partial charge on any atom is 0.282 e. The van der Waals surface area contributed by atoms with Crippen LogP contribution in [-0.4, -0.2) is 16.9 Å². The van der Waals surface area contributed by atoms with Gasteiger partial charge in [0.1, 0.15) is 11.3 Å². The lowest BCUT2D eigenvalue weighted by atomic mass is 10.1. The fourth-order valence-electron chi connectivity index (χ4n) is 2.15. The first-order chi connectivity index (χ1) is 11.0. The molecular formula is C16H10Cl2N2O3. The Hall–Kier alpha value is -2.50. The van der Waals surface area contributed by atoms with E-state index < -0.39 is 11.8 Å². The summed E-state index contributed by atoms with van der Waals surface area (Å²) < 4.78 is 0. The number of halogens is 2. The van der Waals surface area contributed by atoms with Gasteiger partial charge in [-0.1, -0.05) is 29.3 Å². The number of hydrogen-bond donors (Lipinski definition) is 2. The van der Waals surface area contributed by atoms with Crippen LogP contribution < -0.4 is 10.4 Å². The highest BCUT2D eigenvalue weighted by Crippen LogP contribution is 2.27. The van der Waals surface area contributed by atoms with Crippen LogP contribution in [0.1, 0.15) is 5.56 Å². The van der Waals surface area contributed by atoms with E-state index in [4.69, 9.17) is 23.2 Å². The molecule has 0 aliphatic carbocycles. The number of amides is 2. The van der Waals surface area contributed by atoms with Gasteiger partial charge >= 0.3 is 0 Å². The molecule has 2 aromatic carbocycles. The van der Waals surface area contributed by atoms with Gasteiger partial charge in [-0.25, -0.2) is 5.01 Å². The molecule has 7 heteroatoms. The number of phenolic OH excluding ortho intramolecular Hbond substituents is 1. The van der Waals surface area contributed by atoms with Crippen molar-refractivity contribution in [2.24, 2.45) is 0 Å². The molecule has 1 aliphatic heterocycles. The normalized spacial score (nSPS) is 16.1. The number of anilines is 1. The van der Waals surface area contributed by atoms with Crippen molar-refractivity contribution in [3.05, 3.63) is 63.6 Å². The first-order valence-electron chi connectivity index (χ1n) is 6.57. The number of phenols is 1. The van der Waals surface area contributed by atoms with Gasteiger partial charge in [0.25, 0.3) is 11.8 Å². The highest BCUT2D eigenvalue weighted by molar-refractivity contribution is 6.33. The summed E-state index contributed by atoms with van der Waals surface area (Å²) in [6.07, 6.45) is 1.30. The number of hydrazine groups is 1. The van der Waals surface area contributed by atoms with Crippen LogP contribution in [0.3, 0.4) is 0 Å². The summed E-state index contributed by atoms with van der Waals surface area (Å²) in [5.74, 6) is -1.20. The molecule has 2 amide bonds. The number of aromatic hydroxyl groups is 1. The predicted molar refractivity (Wildman–Crippen MR) is 88.2 cm³/mol. The van der Waals surface area contributed by atoms with Crippen LogP contribution in [0.4, 0.5) is 5.69 Å². The number of carbonyl (C=O) groups excluding carboxylic acids is 2. The second-order valence-corrected chi connectivity index (χ2v) is 5.70. The van der Waals surface area contributed by atoms with E-state index in [0.717, 1.165) is 5.01 Å². The van der Waals surface area contributed by atoms with E-state index in [0.29, 0.717) is 15.7 Å². The third-order valence-electron chi connectivity index (χ3n) is 3.25. The topological polar surface area (TPSA) is 69.6 Å². The van der Waals surface area contributed by atoms with Crippen LogP contribution in [0, 0.1) is 0 Å². The van der Waals surface area contributed by atoms with Gasteiger partial charge in [0, 0.05) is 15.6 Å². The summed E-state index contributed by atoms with van der Waals surface area (Å²) in [6.45, 7) is 0. The van der Waals surface area contributed by atoms with Crippen LogP contribution in [0.15, 0.2) is 48.0 Å². The molecule has 0 atom stereocenters. The van der Waals surface area contributed by atoms with E-state index in [1.807, 2.05) is 0 Å². The molecule has 1 heterocycles. The van der Waals surface area contributed by atoms with Crippen molar-refractivity contribution in [1.82, 2.24) is 5.43 Å². The zero-order chi connectivity index (χ0) is 16.6. The summed E-state index contributed by atoms with van der Waals surface area (Å²) in [6, 6.07) is 10.9. The van der Waals surface area contributed by atoms with E-state index in [9.17, 15) is 14.7 Å². The highest BCUT2D eigenvalue weighted by Gasteiger charge is 2.34. The molecule has 2 N–H and O–H groups in total. The minimum atomic E-state index is -0.575. The minimum absolute atomic E-state index is 0.0799. The Bertz CT molecular complexity index is 849. The van der Waals surface area contributed by atoms with Crippen LogP contribution in [0.2, 0.25) is 10.0 Å². The lowest BCUT2D eigenvalue weighted by Crippen LogP contribution is -2.35. The molecule has 3 rings (SSSR count). The van der Waals surface area contributed by atoms with E-state index in [-0.39, 0.29) is 16.9 Å². The maximum atomic E-state index is 12.4. The molecule has 0 bridgehead atoms. The Labute approximate surface area is 141 Å². The largest absolute Gasteiger partial charge is 0.507 e. The van der Waals surface area contributed by atoms with E-state index in [1.54, 1.807) is 24.3 Å². The van der Waals surface area contributed by atoms with Crippen molar-refractivity contribution in [2.75, 3.05) is 5.01 Å². The molecule has 0 saturated carbocycles. The zero-order valence-electron chi connectivity index (χ0n) is 11.6. The molecule has 5 nitrogen and oxygen atoms in total. The van der Waals surface area contributed by atoms with Gasteiger partial charge < -0.3 is 5.11 Å². The summed E-state index contributed by atoms with van der Waals surface area (Å²) in [5.41, 5.74) is 3.07. The van der Waals surface area contributed by atoms with Gasteiger partial charge in [-0.15, -0.1) is 0 Å². The van der Waals surface area contributed by atoms with Crippen LogP contribution in [0.5, 0.6) is 5.75 Å². The average Bonchev–Trinajstić information content (AvgIpc) is 2.79. The quantitative estimate of drug-likeness (QED) is 0.646. The Balaban J connectivity index is 1.99. The Morgan fingerprint density at radius 2 is 1.78 bits per heavy atom. The SMILES string of the molecule is O=C1NN(c2cccc(Cl)c2)C(=O)C1=Cc1cc(Cl)ccc1O. The van der Waals surface area contributed by atoms with E-state index >= 15 is 0 Å². The molecule has 0 spiro atoms. The monoisotopic (exact) mass is 348 g/mol. The number of nitrogens with zero attached hydrogens (tertiary/aromatic N) is 1.